The quantitative estimate of drug-likeness (QED) is 0.301. The molecule has 0 heterocycles. The van der Waals surface area contributed by atoms with E-state index in [1.54, 1.807) is 0 Å². The van der Waals surface area contributed by atoms with E-state index in [1.807, 2.05) is 0 Å². The fourth-order valence-electron chi connectivity index (χ4n) is 7.53. The predicted octanol–water partition coefficient (Wildman–Crippen LogP) is 9.87. The molecule has 0 aliphatic carbocycles. The Balaban J connectivity index is -0.000000451. The van der Waals surface area contributed by atoms with Gasteiger partial charge in [0, 0.05) is 37.7 Å². The van der Waals surface area contributed by atoms with Crippen molar-refractivity contribution in [1.82, 2.24) is 0 Å². The van der Waals surface area contributed by atoms with Crippen LogP contribution in [0.5, 0.6) is 0 Å². The summed E-state index contributed by atoms with van der Waals surface area (Å²) >= 11 is 0. The van der Waals surface area contributed by atoms with Crippen molar-refractivity contribution in [2.45, 2.75) is 158 Å². The molecule has 0 aromatic rings. The topological polar surface area (TPSA) is 0 Å². The summed E-state index contributed by atoms with van der Waals surface area (Å²) in [6.45, 7) is 39.7. The Morgan fingerprint density at radius 2 is 0.621 bits per heavy atom. The van der Waals surface area contributed by atoms with Crippen LogP contribution in [-0.4, -0.2) is 51.2 Å². The monoisotopic (exact) mass is 432 g/mol. The van der Waals surface area contributed by atoms with Crippen LogP contribution in [0.15, 0.2) is 0 Å². The van der Waals surface area contributed by atoms with Crippen molar-refractivity contribution in [2.24, 2.45) is 11.8 Å². The molecule has 0 amide bonds. The van der Waals surface area contributed by atoms with Gasteiger partial charge in [-0.1, -0.05) is 158 Å². The minimum atomic E-state index is 0. The van der Waals surface area contributed by atoms with E-state index in [2.05, 4.69) is 111 Å². The van der Waals surface area contributed by atoms with E-state index in [9.17, 15) is 0 Å². The van der Waals surface area contributed by atoms with Gasteiger partial charge in [-0.2, -0.15) is 0 Å². The molecule has 0 aliphatic heterocycles. The molecule has 0 spiro atoms. The maximum atomic E-state index is 2.44. The molecule has 29 heavy (non-hydrogen) atoms. The van der Waals surface area contributed by atoms with Crippen LogP contribution in [0.1, 0.15) is 124 Å². The molecule has 0 bridgehead atoms. The number of hydrogen-bond donors (Lipinski definition) is 0. The van der Waals surface area contributed by atoms with Gasteiger partial charge in [-0.25, -0.2) is 0 Å². The smallest absolute Gasteiger partial charge is 0.0693 e. The summed E-state index contributed by atoms with van der Waals surface area (Å²) in [6, 6.07) is 0. The Hall–Kier alpha value is 1.39. The van der Waals surface area contributed by atoms with Gasteiger partial charge in [-0.3, -0.25) is 0 Å². The van der Waals surface area contributed by atoms with Crippen LogP contribution in [0.4, 0.5) is 0 Å². The second-order valence-corrected chi connectivity index (χ2v) is 13.2. The maximum Gasteiger partial charge on any atom is 0.151 e. The third kappa shape index (κ3) is 14.2. The average molecular weight is 432 g/mol. The van der Waals surface area contributed by atoms with E-state index in [0.29, 0.717) is 10.6 Å². The van der Waals surface area contributed by atoms with Gasteiger partial charge in [0.1, 0.15) is 0 Å². The first-order valence-electron chi connectivity index (χ1n) is 12.4. The first-order chi connectivity index (χ1) is 12.4. The summed E-state index contributed by atoms with van der Waals surface area (Å²) in [5.41, 5.74) is 0. The molecular formula is C26H58B2Ca. The number of rotatable bonds is 10. The Kier molecular flexibility index (Phi) is 18.4. The van der Waals surface area contributed by atoms with Crippen molar-refractivity contribution >= 4 is 51.2 Å². The summed E-state index contributed by atoms with van der Waals surface area (Å²) in [5.74, 6) is 4.80. The van der Waals surface area contributed by atoms with Gasteiger partial charge in [-0.15, -0.1) is 0 Å². The molecule has 0 N–H and O–H groups in total. The van der Waals surface area contributed by atoms with Gasteiger partial charge >= 0.3 is 0 Å². The zero-order valence-electron chi connectivity index (χ0n) is 23.7. The second-order valence-electron chi connectivity index (χ2n) is 13.2. The Morgan fingerprint density at radius 1 is 0.448 bits per heavy atom. The van der Waals surface area contributed by atoms with Crippen molar-refractivity contribution in [3.8, 4) is 0 Å². The van der Waals surface area contributed by atoms with Gasteiger partial charge < -0.3 is 0 Å². The van der Waals surface area contributed by atoms with Gasteiger partial charge in [0.25, 0.3) is 0 Å². The molecule has 0 saturated carbocycles. The molecule has 3 heteroatoms. The number of hydrogen-bond acceptors (Lipinski definition) is 0. The molecule has 0 fully saturated rings. The second kappa shape index (κ2) is 15.3. The summed E-state index contributed by atoms with van der Waals surface area (Å²) in [6.07, 6.45) is 2.68. The van der Waals surface area contributed by atoms with Gasteiger partial charge in [0.2, 0.25) is 0 Å². The fourth-order valence-corrected chi connectivity index (χ4v) is 7.53. The molecule has 170 valence electrons. The molecule has 0 aromatic carbocycles. The zero-order valence-corrected chi connectivity index (χ0v) is 25.9. The van der Waals surface area contributed by atoms with Crippen molar-refractivity contribution < 1.29 is 0 Å². The first-order valence-corrected chi connectivity index (χ1v) is 12.4. The molecule has 0 nitrogen and oxygen atoms in total. The van der Waals surface area contributed by atoms with E-state index in [1.165, 1.54) is 12.8 Å². The van der Waals surface area contributed by atoms with E-state index in [-0.39, 0.29) is 37.7 Å². The van der Waals surface area contributed by atoms with E-state index in [0.717, 1.165) is 48.5 Å². The predicted molar refractivity (Wildman–Crippen MR) is 145 cm³/mol. The summed E-state index contributed by atoms with van der Waals surface area (Å²) < 4.78 is 0. The van der Waals surface area contributed by atoms with Gasteiger partial charge in [0.15, 0.2) is 13.4 Å². The van der Waals surface area contributed by atoms with Crippen molar-refractivity contribution in [1.29, 1.82) is 0 Å². The van der Waals surface area contributed by atoms with E-state index >= 15 is 0 Å². The first kappa shape index (κ1) is 35.0. The van der Waals surface area contributed by atoms with Crippen LogP contribution < -0.4 is 0 Å². The molecule has 0 atom stereocenters. The normalized spacial score (nSPS) is 12.6. The van der Waals surface area contributed by atoms with Crippen LogP contribution in [0.3, 0.4) is 0 Å². The minimum absolute atomic E-state index is 0. The van der Waals surface area contributed by atoms with Crippen LogP contribution in [0.25, 0.3) is 0 Å². The third-order valence-corrected chi connectivity index (χ3v) is 6.55. The molecule has 0 unspecified atom stereocenters. The third-order valence-electron chi connectivity index (χ3n) is 6.55. The minimum Gasteiger partial charge on any atom is -0.0693 e. The van der Waals surface area contributed by atoms with Crippen molar-refractivity contribution in [2.75, 3.05) is 0 Å². The van der Waals surface area contributed by atoms with Crippen molar-refractivity contribution in [3.05, 3.63) is 0 Å². The average Bonchev–Trinajstić information content (AvgIpc) is 2.31. The Morgan fingerprint density at radius 3 is 0.724 bits per heavy atom. The van der Waals surface area contributed by atoms with Crippen LogP contribution in [-0.2, 0) is 0 Å². The Bertz CT molecular complexity index is 342. The summed E-state index contributed by atoms with van der Waals surface area (Å²) in [5, 5.41) is 0.965. The summed E-state index contributed by atoms with van der Waals surface area (Å²) in [7, 11) is 0. The fraction of sp³-hybridized carbons (Fsp3) is 1.00. The summed E-state index contributed by atoms with van der Waals surface area (Å²) in [4.78, 5) is 0. The molecule has 0 saturated heterocycles. The van der Waals surface area contributed by atoms with Crippen LogP contribution >= 0.6 is 0 Å². The van der Waals surface area contributed by atoms with Gasteiger partial charge in [-0.05, 0) is 11.8 Å². The van der Waals surface area contributed by atoms with Crippen LogP contribution in [0.2, 0.25) is 33.9 Å². The van der Waals surface area contributed by atoms with Gasteiger partial charge in [0.05, 0.1) is 0 Å². The molecule has 2 radical (unpaired) electrons. The maximum absolute atomic E-state index is 2.44. The SMILES string of the molecule is CC(C)CC(C)(C)B(C(C)C)C(C)C.CC(C)CC(C)(C)B(C(C)C)C(C)C.[Ca]. The van der Waals surface area contributed by atoms with E-state index in [4.69, 9.17) is 0 Å². The van der Waals surface area contributed by atoms with E-state index < -0.39 is 0 Å². The van der Waals surface area contributed by atoms with Crippen LogP contribution in [0, 0.1) is 11.8 Å². The largest absolute Gasteiger partial charge is 0.151 e. The molecular weight excluding hydrogens is 374 g/mol. The van der Waals surface area contributed by atoms with Crippen molar-refractivity contribution in [3.63, 3.8) is 0 Å². The standard InChI is InChI=1S/2C13H29B.Ca/c2*1-10(2)9-13(7,8)14(11(3)4)12(5)6;/h2*10-12H,9H2,1-8H3;. The molecule has 0 aromatic heterocycles. The Labute approximate surface area is 219 Å². The molecule has 0 rings (SSSR count). The molecule has 0 aliphatic rings. The zero-order chi connectivity index (χ0) is 23.0.